The molecule has 0 aromatic heterocycles. The van der Waals surface area contributed by atoms with Gasteiger partial charge in [-0.3, -0.25) is 4.79 Å². The smallest absolute Gasteiger partial charge is 0.370 e. The molecule has 10 heteroatoms. The standard InChI is InChI=1S/C14H25N3O6S/c1-4-8-17(9-5-2)12(18)11-14(15,16-24(3,21)22)7-6-10(23-11)13(19)20/h6,11,16H,4-5,7-9,15H2,1-3H3,(H,19,20). The van der Waals surface area contributed by atoms with Crippen LogP contribution in [-0.4, -0.2) is 61.4 Å². The maximum atomic E-state index is 12.8. The predicted molar refractivity (Wildman–Crippen MR) is 87.3 cm³/mol. The Labute approximate surface area is 141 Å². The number of sulfonamides is 1. The third-order valence-corrected chi connectivity index (χ3v) is 4.20. The molecular formula is C14H25N3O6S. The number of hydrogen-bond acceptors (Lipinski definition) is 6. The Bertz CT molecular complexity index is 612. The van der Waals surface area contributed by atoms with Crippen molar-refractivity contribution in [1.82, 2.24) is 9.62 Å². The van der Waals surface area contributed by atoms with Crippen LogP contribution in [0.4, 0.5) is 0 Å². The second kappa shape index (κ2) is 7.95. The zero-order valence-electron chi connectivity index (χ0n) is 14.1. The van der Waals surface area contributed by atoms with Gasteiger partial charge in [-0.2, -0.15) is 4.72 Å². The molecule has 0 aliphatic carbocycles. The molecule has 9 nitrogen and oxygen atoms in total. The summed E-state index contributed by atoms with van der Waals surface area (Å²) in [5.41, 5.74) is 4.34. The van der Waals surface area contributed by atoms with E-state index in [1.807, 2.05) is 13.8 Å². The summed E-state index contributed by atoms with van der Waals surface area (Å²) in [5, 5.41) is 9.09. The van der Waals surface area contributed by atoms with E-state index in [9.17, 15) is 18.0 Å². The molecule has 0 radical (unpaired) electrons. The van der Waals surface area contributed by atoms with E-state index in [0.29, 0.717) is 25.9 Å². The zero-order chi connectivity index (χ0) is 18.5. The summed E-state index contributed by atoms with van der Waals surface area (Å²) in [6, 6.07) is 0. The number of nitrogens with one attached hydrogen (secondary N) is 1. The Balaban J connectivity index is 3.21. The highest BCUT2D eigenvalue weighted by Gasteiger charge is 2.48. The van der Waals surface area contributed by atoms with Gasteiger partial charge in [0.15, 0.2) is 0 Å². The van der Waals surface area contributed by atoms with Crippen molar-refractivity contribution in [2.45, 2.75) is 44.9 Å². The molecule has 0 fully saturated rings. The summed E-state index contributed by atoms with van der Waals surface area (Å²) in [7, 11) is -3.74. The quantitative estimate of drug-likeness (QED) is 0.498. The molecule has 0 spiro atoms. The lowest BCUT2D eigenvalue weighted by Crippen LogP contribution is -2.68. The van der Waals surface area contributed by atoms with Gasteiger partial charge in [-0.05, 0) is 18.9 Å². The van der Waals surface area contributed by atoms with Gasteiger partial charge < -0.3 is 20.5 Å². The molecule has 2 atom stereocenters. The van der Waals surface area contributed by atoms with E-state index >= 15 is 0 Å². The number of amides is 1. The molecule has 2 unspecified atom stereocenters. The maximum Gasteiger partial charge on any atom is 0.370 e. The monoisotopic (exact) mass is 363 g/mol. The molecule has 0 aromatic carbocycles. The molecule has 1 heterocycles. The largest absolute Gasteiger partial charge is 0.475 e. The minimum atomic E-state index is -3.74. The van der Waals surface area contributed by atoms with Crippen molar-refractivity contribution < 1.29 is 27.9 Å². The van der Waals surface area contributed by atoms with Crippen molar-refractivity contribution in [3.63, 3.8) is 0 Å². The van der Waals surface area contributed by atoms with Gasteiger partial charge in [-0.1, -0.05) is 13.8 Å². The van der Waals surface area contributed by atoms with Gasteiger partial charge in [-0.15, -0.1) is 0 Å². The lowest BCUT2D eigenvalue weighted by molar-refractivity contribution is -0.151. The summed E-state index contributed by atoms with van der Waals surface area (Å²) in [5.74, 6) is -2.30. The minimum absolute atomic E-state index is 0.176. The maximum absolute atomic E-state index is 12.8. The molecular weight excluding hydrogens is 338 g/mol. The van der Waals surface area contributed by atoms with Crippen LogP contribution in [0.2, 0.25) is 0 Å². The van der Waals surface area contributed by atoms with Crippen molar-refractivity contribution >= 4 is 21.9 Å². The first kappa shape index (κ1) is 20.4. The lowest BCUT2D eigenvalue weighted by Gasteiger charge is -2.40. The number of carboxylic acids is 1. The van der Waals surface area contributed by atoms with Crippen LogP contribution in [-0.2, 0) is 24.3 Å². The highest BCUT2D eigenvalue weighted by atomic mass is 32.2. The molecule has 1 rings (SSSR count). The fourth-order valence-corrected chi connectivity index (χ4v) is 3.42. The molecule has 1 aliphatic rings. The first-order chi connectivity index (χ1) is 11.0. The fraction of sp³-hybridized carbons (Fsp3) is 0.714. The van der Waals surface area contributed by atoms with Crippen LogP contribution >= 0.6 is 0 Å². The van der Waals surface area contributed by atoms with Crippen LogP contribution in [0.5, 0.6) is 0 Å². The second-order valence-corrected chi connectivity index (χ2v) is 7.56. The summed E-state index contributed by atoms with van der Waals surface area (Å²) in [6.07, 6.45) is 1.82. The van der Waals surface area contributed by atoms with Gasteiger partial charge in [0.2, 0.25) is 21.9 Å². The number of nitrogens with zero attached hydrogens (tertiary/aromatic N) is 1. The molecule has 0 saturated heterocycles. The second-order valence-electron chi connectivity index (χ2n) is 5.82. The Kier molecular flexibility index (Phi) is 6.76. The first-order valence-electron chi connectivity index (χ1n) is 7.70. The van der Waals surface area contributed by atoms with Crippen LogP contribution in [0.3, 0.4) is 0 Å². The van der Waals surface area contributed by atoms with E-state index in [-0.39, 0.29) is 6.42 Å². The van der Waals surface area contributed by atoms with Crippen LogP contribution < -0.4 is 10.5 Å². The summed E-state index contributed by atoms with van der Waals surface area (Å²) in [6.45, 7) is 4.66. The Morgan fingerprint density at radius 3 is 2.38 bits per heavy atom. The van der Waals surface area contributed by atoms with Crippen LogP contribution in [0.1, 0.15) is 33.1 Å². The van der Waals surface area contributed by atoms with Gasteiger partial charge in [0.1, 0.15) is 5.66 Å². The Morgan fingerprint density at radius 2 is 1.96 bits per heavy atom. The molecule has 138 valence electrons. The number of nitrogens with two attached hydrogens (primary N) is 1. The lowest BCUT2D eigenvalue weighted by atomic mass is 9.96. The van der Waals surface area contributed by atoms with Gasteiger partial charge in [0.25, 0.3) is 5.91 Å². The van der Waals surface area contributed by atoms with E-state index in [4.69, 9.17) is 15.6 Å². The van der Waals surface area contributed by atoms with Gasteiger partial charge in [0, 0.05) is 19.5 Å². The third-order valence-electron chi connectivity index (χ3n) is 3.45. The fourth-order valence-electron chi connectivity index (χ4n) is 2.54. The van der Waals surface area contributed by atoms with Gasteiger partial charge >= 0.3 is 5.97 Å². The van der Waals surface area contributed by atoms with E-state index in [2.05, 4.69) is 4.72 Å². The zero-order valence-corrected chi connectivity index (χ0v) is 14.9. The average Bonchev–Trinajstić information content (AvgIpc) is 2.44. The summed E-state index contributed by atoms with van der Waals surface area (Å²) < 4.78 is 30.7. The number of carbonyl (C=O) groups excluding carboxylic acids is 1. The van der Waals surface area contributed by atoms with Crippen molar-refractivity contribution in [2.24, 2.45) is 5.73 Å². The van der Waals surface area contributed by atoms with Crippen LogP contribution in [0, 0.1) is 0 Å². The van der Waals surface area contributed by atoms with Crippen LogP contribution in [0.15, 0.2) is 11.8 Å². The van der Waals surface area contributed by atoms with Gasteiger partial charge in [0.05, 0.1) is 6.26 Å². The SMILES string of the molecule is CCCN(CCC)C(=O)C1OC(C(=O)O)=CCC1(N)NS(C)(=O)=O. The Morgan fingerprint density at radius 1 is 1.42 bits per heavy atom. The van der Waals surface area contributed by atoms with Crippen molar-refractivity contribution in [1.29, 1.82) is 0 Å². The third kappa shape index (κ3) is 5.18. The highest BCUT2D eigenvalue weighted by molar-refractivity contribution is 7.88. The van der Waals surface area contributed by atoms with Crippen LogP contribution in [0.25, 0.3) is 0 Å². The minimum Gasteiger partial charge on any atom is -0.475 e. The van der Waals surface area contributed by atoms with E-state index in [1.165, 1.54) is 4.90 Å². The first-order valence-corrected chi connectivity index (χ1v) is 9.60. The Hall–Kier alpha value is -1.65. The van der Waals surface area contributed by atoms with Gasteiger partial charge in [-0.25, -0.2) is 13.2 Å². The van der Waals surface area contributed by atoms with E-state index in [1.54, 1.807) is 0 Å². The van der Waals surface area contributed by atoms with E-state index in [0.717, 1.165) is 12.3 Å². The summed E-state index contributed by atoms with van der Waals surface area (Å²) >= 11 is 0. The summed E-state index contributed by atoms with van der Waals surface area (Å²) in [4.78, 5) is 25.5. The van der Waals surface area contributed by atoms with Crippen molar-refractivity contribution in [2.75, 3.05) is 19.3 Å². The topological polar surface area (TPSA) is 139 Å². The number of carbonyl (C=O) groups is 2. The molecule has 1 amide bonds. The number of aliphatic carboxylic acids is 1. The molecule has 0 saturated carbocycles. The molecule has 0 aromatic rings. The molecule has 0 bridgehead atoms. The number of carboxylic acid groups (broad SMARTS) is 1. The molecule has 4 N–H and O–H groups in total. The number of rotatable bonds is 8. The van der Waals surface area contributed by atoms with Crippen molar-refractivity contribution in [3.8, 4) is 0 Å². The van der Waals surface area contributed by atoms with Crippen molar-refractivity contribution in [3.05, 3.63) is 11.8 Å². The molecule has 24 heavy (non-hydrogen) atoms. The normalized spacial score (nSPS) is 24.0. The number of hydrogen-bond donors (Lipinski definition) is 3. The predicted octanol–water partition coefficient (Wildman–Crippen LogP) is -0.403. The highest BCUT2D eigenvalue weighted by Crippen LogP contribution is 2.26. The van der Waals surface area contributed by atoms with E-state index < -0.39 is 39.4 Å². The number of ether oxygens (including phenoxy) is 1. The molecule has 1 aliphatic heterocycles. The average molecular weight is 363 g/mol.